The van der Waals surface area contributed by atoms with Crippen LogP contribution in [0.3, 0.4) is 0 Å². The van der Waals surface area contributed by atoms with Gasteiger partial charge in [0.15, 0.2) is 5.65 Å². The lowest BCUT2D eigenvalue weighted by Gasteiger charge is -2.09. The smallest absolute Gasteiger partial charge is 0.225 e. The van der Waals surface area contributed by atoms with Gasteiger partial charge in [0.1, 0.15) is 5.03 Å². The first-order chi connectivity index (χ1) is 8.24. The summed E-state index contributed by atoms with van der Waals surface area (Å²) in [5.74, 6) is 0.580. The molecule has 0 aromatic carbocycles. The average Bonchev–Trinajstić information content (AvgIpc) is 2.77. The largest absolute Gasteiger partial charge is 0.395 e. The van der Waals surface area contributed by atoms with Gasteiger partial charge in [0.25, 0.3) is 0 Å². The van der Waals surface area contributed by atoms with E-state index in [0.29, 0.717) is 11.6 Å². The zero-order valence-corrected chi connectivity index (χ0v) is 10.6. The fourth-order valence-electron chi connectivity index (χ4n) is 1.36. The number of aliphatic hydroxyl groups excluding tert-OH is 1. The van der Waals surface area contributed by atoms with Gasteiger partial charge in [-0.2, -0.15) is 10.1 Å². The molecule has 6 nitrogen and oxygen atoms in total. The van der Waals surface area contributed by atoms with Crippen molar-refractivity contribution in [3.8, 4) is 0 Å². The van der Waals surface area contributed by atoms with Crippen LogP contribution in [0, 0.1) is 0 Å². The Bertz CT molecular complexity index is 500. The van der Waals surface area contributed by atoms with E-state index >= 15 is 0 Å². The van der Waals surface area contributed by atoms with Gasteiger partial charge in [-0.05, 0) is 6.92 Å². The van der Waals surface area contributed by atoms with Crippen molar-refractivity contribution in [2.24, 2.45) is 0 Å². The highest BCUT2D eigenvalue weighted by Crippen LogP contribution is 2.28. The van der Waals surface area contributed by atoms with Gasteiger partial charge in [-0.3, -0.25) is 5.10 Å². The molecule has 0 aliphatic carbocycles. The van der Waals surface area contributed by atoms with Crippen LogP contribution in [0.1, 0.15) is 13.8 Å². The first-order valence-corrected chi connectivity index (χ1v) is 6.35. The SMILES string of the molecule is CCNc1nc(SC(C)CO)c2cn[nH]c2n1. The first-order valence-electron chi connectivity index (χ1n) is 5.47. The number of thioether (sulfide) groups is 1. The number of aliphatic hydroxyl groups is 1. The van der Waals surface area contributed by atoms with Crippen LogP contribution >= 0.6 is 11.8 Å². The third-order valence-electron chi connectivity index (χ3n) is 2.18. The molecule has 2 aromatic rings. The summed E-state index contributed by atoms with van der Waals surface area (Å²) in [6.45, 7) is 4.82. The van der Waals surface area contributed by atoms with E-state index in [-0.39, 0.29) is 11.9 Å². The van der Waals surface area contributed by atoms with Gasteiger partial charge in [0, 0.05) is 11.8 Å². The van der Waals surface area contributed by atoms with Crippen LogP contribution in [0.15, 0.2) is 11.2 Å². The second kappa shape index (κ2) is 5.33. The average molecular weight is 253 g/mol. The monoisotopic (exact) mass is 253 g/mol. The molecule has 2 heterocycles. The standard InChI is InChI=1S/C10H15N5OS/c1-3-11-10-13-8-7(4-12-15-8)9(14-10)17-6(2)5-16/h4,6,16H,3,5H2,1-2H3,(H2,11,12,13,14,15). The molecule has 0 bridgehead atoms. The summed E-state index contributed by atoms with van der Waals surface area (Å²) in [5.41, 5.74) is 0.712. The molecule has 0 radical (unpaired) electrons. The Kier molecular flexibility index (Phi) is 3.80. The normalized spacial score (nSPS) is 12.9. The van der Waals surface area contributed by atoms with Crippen LogP contribution in [0.4, 0.5) is 5.95 Å². The van der Waals surface area contributed by atoms with Gasteiger partial charge in [-0.1, -0.05) is 18.7 Å². The predicted octanol–water partition coefficient (Wildman–Crippen LogP) is 1.26. The van der Waals surface area contributed by atoms with Gasteiger partial charge in [-0.15, -0.1) is 0 Å². The second-order valence-corrected chi connectivity index (χ2v) is 5.05. The van der Waals surface area contributed by atoms with E-state index in [1.165, 1.54) is 11.8 Å². The predicted molar refractivity (Wildman–Crippen MR) is 68.3 cm³/mol. The molecule has 1 atom stereocenters. The molecule has 0 amide bonds. The summed E-state index contributed by atoms with van der Waals surface area (Å²) < 4.78 is 0. The van der Waals surface area contributed by atoms with E-state index in [0.717, 1.165) is 17.0 Å². The molecule has 3 N–H and O–H groups in total. The van der Waals surface area contributed by atoms with Crippen LogP contribution in [0.25, 0.3) is 11.0 Å². The van der Waals surface area contributed by atoms with Crippen molar-refractivity contribution in [2.75, 3.05) is 18.5 Å². The summed E-state index contributed by atoms with van der Waals surface area (Å²) in [5, 5.41) is 20.8. The van der Waals surface area contributed by atoms with Crippen molar-refractivity contribution in [3.63, 3.8) is 0 Å². The number of rotatable bonds is 5. The lowest BCUT2D eigenvalue weighted by molar-refractivity contribution is 0.300. The van der Waals surface area contributed by atoms with E-state index in [4.69, 9.17) is 5.11 Å². The van der Waals surface area contributed by atoms with Crippen LogP contribution in [0.5, 0.6) is 0 Å². The van der Waals surface area contributed by atoms with Gasteiger partial charge in [0.2, 0.25) is 5.95 Å². The maximum Gasteiger partial charge on any atom is 0.225 e. The number of nitrogens with zero attached hydrogens (tertiary/aromatic N) is 3. The number of hydrogen-bond acceptors (Lipinski definition) is 6. The third kappa shape index (κ3) is 2.67. The van der Waals surface area contributed by atoms with Crippen LogP contribution in [-0.2, 0) is 0 Å². The van der Waals surface area contributed by atoms with E-state index in [9.17, 15) is 0 Å². The zero-order chi connectivity index (χ0) is 12.3. The summed E-state index contributed by atoms with van der Waals surface area (Å²) in [7, 11) is 0. The van der Waals surface area contributed by atoms with Crippen LogP contribution in [-0.4, -0.2) is 43.7 Å². The Hall–Kier alpha value is -1.34. The molecule has 2 aromatic heterocycles. The number of H-pyrrole nitrogens is 1. The Morgan fingerprint density at radius 1 is 1.53 bits per heavy atom. The van der Waals surface area contributed by atoms with Crippen molar-refractivity contribution in [1.29, 1.82) is 0 Å². The molecule has 0 saturated carbocycles. The van der Waals surface area contributed by atoms with Gasteiger partial charge < -0.3 is 10.4 Å². The Balaban J connectivity index is 2.39. The van der Waals surface area contributed by atoms with Crippen LogP contribution < -0.4 is 5.32 Å². The van der Waals surface area contributed by atoms with Gasteiger partial charge in [0.05, 0.1) is 18.2 Å². The fourth-order valence-corrected chi connectivity index (χ4v) is 2.23. The van der Waals surface area contributed by atoms with E-state index in [1.54, 1.807) is 6.20 Å². The lowest BCUT2D eigenvalue weighted by atomic mass is 10.4. The summed E-state index contributed by atoms with van der Waals surface area (Å²) in [6.07, 6.45) is 1.71. The Morgan fingerprint density at radius 3 is 3.06 bits per heavy atom. The van der Waals surface area contributed by atoms with Gasteiger partial charge >= 0.3 is 0 Å². The topological polar surface area (TPSA) is 86.7 Å². The number of aromatic amines is 1. The van der Waals surface area contributed by atoms with Crippen molar-refractivity contribution in [1.82, 2.24) is 20.2 Å². The second-order valence-electron chi connectivity index (χ2n) is 3.63. The molecule has 7 heteroatoms. The molecule has 1 unspecified atom stereocenters. The summed E-state index contributed by atoms with van der Waals surface area (Å²) >= 11 is 1.52. The third-order valence-corrected chi connectivity index (χ3v) is 3.27. The molecule has 0 aliphatic heterocycles. The number of nitrogens with one attached hydrogen (secondary N) is 2. The highest BCUT2D eigenvalue weighted by molar-refractivity contribution is 8.00. The number of aromatic nitrogens is 4. The van der Waals surface area contributed by atoms with Crippen molar-refractivity contribution in [3.05, 3.63) is 6.20 Å². The molecule has 0 spiro atoms. The Labute approximate surface area is 103 Å². The fraction of sp³-hybridized carbons (Fsp3) is 0.500. The van der Waals surface area contributed by atoms with Gasteiger partial charge in [-0.25, -0.2) is 4.98 Å². The molecular formula is C10H15N5OS. The quantitative estimate of drug-likeness (QED) is 0.549. The minimum Gasteiger partial charge on any atom is -0.395 e. The molecule has 2 rings (SSSR count). The summed E-state index contributed by atoms with van der Waals surface area (Å²) in [4.78, 5) is 8.72. The lowest BCUT2D eigenvalue weighted by Crippen LogP contribution is -2.06. The number of fused-ring (bicyclic) bond motifs is 1. The first kappa shape index (κ1) is 12.1. The highest BCUT2D eigenvalue weighted by Gasteiger charge is 2.12. The Morgan fingerprint density at radius 2 is 2.35 bits per heavy atom. The molecule has 17 heavy (non-hydrogen) atoms. The highest BCUT2D eigenvalue weighted by atomic mass is 32.2. The van der Waals surface area contributed by atoms with Crippen LogP contribution in [0.2, 0.25) is 0 Å². The minimum absolute atomic E-state index is 0.0949. The van der Waals surface area contributed by atoms with E-state index in [1.807, 2.05) is 13.8 Å². The maximum atomic E-state index is 9.09. The van der Waals surface area contributed by atoms with Crippen molar-refractivity contribution >= 4 is 28.7 Å². The van der Waals surface area contributed by atoms with E-state index in [2.05, 4.69) is 25.5 Å². The molecule has 0 fully saturated rings. The zero-order valence-electron chi connectivity index (χ0n) is 9.77. The minimum atomic E-state index is 0.0949. The maximum absolute atomic E-state index is 9.09. The number of hydrogen-bond donors (Lipinski definition) is 3. The molecule has 92 valence electrons. The van der Waals surface area contributed by atoms with E-state index < -0.39 is 0 Å². The molecule has 0 saturated heterocycles. The molecule has 0 aliphatic rings. The molecular weight excluding hydrogens is 238 g/mol. The number of anilines is 1. The van der Waals surface area contributed by atoms with Crippen molar-refractivity contribution < 1.29 is 5.11 Å². The van der Waals surface area contributed by atoms with Crippen molar-refractivity contribution in [2.45, 2.75) is 24.1 Å². The summed E-state index contributed by atoms with van der Waals surface area (Å²) in [6, 6.07) is 0.